The minimum atomic E-state index is -5.08. The Morgan fingerprint density at radius 2 is 1.67 bits per heavy atom. The Kier molecular flexibility index (Phi) is 8.27. The second-order valence-electron chi connectivity index (χ2n) is 10.4. The SMILES string of the molecule is CC(C)(C)CC1NC(C(=O)O)C(c2cccc(Cl)c2F)C12C(=O)Nc1cc(Cl)cc(F)c12.O=C(O)C(F)(F)F. The van der Waals surface area contributed by atoms with E-state index in [4.69, 9.17) is 33.1 Å². The molecule has 0 saturated carbocycles. The minimum absolute atomic E-state index is 0.0122. The zero-order valence-electron chi connectivity index (χ0n) is 20.6. The van der Waals surface area contributed by atoms with Gasteiger partial charge in [-0.15, -0.1) is 0 Å². The first-order valence-corrected chi connectivity index (χ1v) is 12.1. The second-order valence-corrected chi connectivity index (χ2v) is 11.2. The minimum Gasteiger partial charge on any atom is -0.480 e. The summed E-state index contributed by atoms with van der Waals surface area (Å²) in [6.07, 6.45) is -4.76. The molecule has 1 saturated heterocycles. The van der Waals surface area contributed by atoms with Crippen molar-refractivity contribution in [1.82, 2.24) is 5.32 Å². The zero-order chi connectivity index (χ0) is 29.7. The van der Waals surface area contributed by atoms with Crippen molar-refractivity contribution in [3.8, 4) is 0 Å². The number of rotatable bonds is 3. The summed E-state index contributed by atoms with van der Waals surface area (Å²) < 4.78 is 62.4. The van der Waals surface area contributed by atoms with Crippen LogP contribution in [0, 0.1) is 17.0 Å². The molecule has 1 spiro atoms. The summed E-state index contributed by atoms with van der Waals surface area (Å²) in [5.41, 5.74) is -2.01. The van der Waals surface area contributed by atoms with Crippen molar-refractivity contribution >= 4 is 46.7 Å². The molecule has 14 heteroatoms. The van der Waals surface area contributed by atoms with Crippen LogP contribution in [0.5, 0.6) is 0 Å². The van der Waals surface area contributed by atoms with Gasteiger partial charge < -0.3 is 15.5 Å². The van der Waals surface area contributed by atoms with Crippen molar-refractivity contribution in [2.45, 2.75) is 56.8 Å². The summed E-state index contributed by atoms with van der Waals surface area (Å²) in [7, 11) is 0. The highest BCUT2D eigenvalue weighted by Crippen LogP contribution is 2.57. The maximum absolute atomic E-state index is 15.5. The number of anilines is 1. The average Bonchev–Trinajstić information content (AvgIpc) is 3.24. The fourth-order valence-electron chi connectivity index (χ4n) is 5.22. The number of carbonyl (C=O) groups excluding carboxylic acids is 1. The Labute approximate surface area is 229 Å². The Hall–Kier alpha value is -2.96. The lowest BCUT2D eigenvalue weighted by Gasteiger charge is -2.37. The molecule has 1 amide bonds. The molecule has 2 aromatic carbocycles. The van der Waals surface area contributed by atoms with Crippen LogP contribution in [0.4, 0.5) is 27.6 Å². The van der Waals surface area contributed by atoms with Crippen LogP contribution in [0.2, 0.25) is 10.0 Å². The first-order chi connectivity index (χ1) is 17.8. The van der Waals surface area contributed by atoms with Crippen molar-refractivity contribution in [3.05, 3.63) is 63.1 Å². The summed E-state index contributed by atoms with van der Waals surface area (Å²) in [6, 6.07) is 4.54. The molecule has 4 atom stereocenters. The number of carboxylic acid groups (broad SMARTS) is 2. The van der Waals surface area contributed by atoms with Gasteiger partial charge >= 0.3 is 18.1 Å². The molecule has 1 fully saturated rings. The van der Waals surface area contributed by atoms with Gasteiger partial charge in [0.2, 0.25) is 5.91 Å². The number of nitrogens with one attached hydrogen (secondary N) is 2. The number of hydrogen-bond donors (Lipinski definition) is 4. The van der Waals surface area contributed by atoms with E-state index in [1.54, 1.807) is 0 Å². The standard InChI is InChI=1S/C23H22Cl2F2N2O3.C2HF3O2/c1-22(2,3)9-15-23(17-13(26)7-10(24)8-14(17)28-21(23)32)16(19(29-15)20(30)31)11-5-4-6-12(25)18(11)27;3-2(4,5)1(6)7/h4-8,15-16,19,29H,9H2,1-3H3,(H,28,32)(H,30,31);(H,6,7). The Morgan fingerprint density at radius 3 is 2.18 bits per heavy atom. The molecule has 39 heavy (non-hydrogen) atoms. The van der Waals surface area contributed by atoms with E-state index in [0.717, 1.165) is 6.07 Å². The number of halogens is 7. The Balaban J connectivity index is 0.000000532. The van der Waals surface area contributed by atoms with Gasteiger partial charge in [0.15, 0.2) is 0 Å². The second kappa shape index (κ2) is 10.5. The van der Waals surface area contributed by atoms with Gasteiger partial charge in [0.25, 0.3) is 0 Å². The van der Waals surface area contributed by atoms with Gasteiger partial charge in [0, 0.05) is 28.2 Å². The smallest absolute Gasteiger partial charge is 0.480 e. The monoisotopic (exact) mass is 596 g/mol. The summed E-state index contributed by atoms with van der Waals surface area (Å²) in [6.45, 7) is 5.78. The molecule has 2 aromatic rings. The molecule has 7 nitrogen and oxygen atoms in total. The number of carboxylic acids is 2. The lowest BCUT2D eigenvalue weighted by atomic mass is 9.62. The number of alkyl halides is 3. The molecule has 0 radical (unpaired) electrons. The maximum atomic E-state index is 15.5. The van der Waals surface area contributed by atoms with Crippen molar-refractivity contribution in [2.24, 2.45) is 5.41 Å². The molecule has 0 aromatic heterocycles. The van der Waals surface area contributed by atoms with Crippen LogP contribution in [0.25, 0.3) is 0 Å². The van der Waals surface area contributed by atoms with Crippen LogP contribution in [-0.4, -0.2) is 46.3 Å². The van der Waals surface area contributed by atoms with Crippen LogP contribution in [-0.2, 0) is 19.8 Å². The fourth-order valence-corrected chi connectivity index (χ4v) is 5.60. The number of amides is 1. The predicted octanol–water partition coefficient (Wildman–Crippen LogP) is 5.74. The molecular weight excluding hydrogens is 574 g/mol. The van der Waals surface area contributed by atoms with Crippen LogP contribution in [0.1, 0.15) is 44.2 Å². The van der Waals surface area contributed by atoms with Crippen molar-refractivity contribution in [2.75, 3.05) is 5.32 Å². The Morgan fingerprint density at radius 1 is 1.08 bits per heavy atom. The van der Waals surface area contributed by atoms with Crippen molar-refractivity contribution in [1.29, 1.82) is 0 Å². The molecule has 4 N–H and O–H groups in total. The quantitative estimate of drug-likeness (QED) is 0.336. The molecule has 2 aliphatic rings. The third kappa shape index (κ3) is 5.68. The van der Waals surface area contributed by atoms with Crippen LogP contribution >= 0.6 is 23.2 Å². The highest BCUT2D eigenvalue weighted by molar-refractivity contribution is 6.31. The van der Waals surface area contributed by atoms with Gasteiger partial charge in [-0.2, -0.15) is 13.2 Å². The van der Waals surface area contributed by atoms with Crippen LogP contribution < -0.4 is 10.6 Å². The number of fused-ring (bicyclic) bond motifs is 2. The molecule has 4 rings (SSSR count). The third-order valence-electron chi connectivity index (χ3n) is 6.49. The lowest BCUT2D eigenvalue weighted by Crippen LogP contribution is -2.50. The van der Waals surface area contributed by atoms with Gasteiger partial charge in [-0.05, 0) is 35.6 Å². The number of carbonyl (C=O) groups is 3. The summed E-state index contributed by atoms with van der Waals surface area (Å²) >= 11 is 12.0. The summed E-state index contributed by atoms with van der Waals surface area (Å²) in [5, 5.41) is 22.7. The molecule has 212 valence electrons. The lowest BCUT2D eigenvalue weighted by molar-refractivity contribution is -0.192. The van der Waals surface area contributed by atoms with E-state index < -0.39 is 59.1 Å². The topological polar surface area (TPSA) is 116 Å². The predicted molar refractivity (Wildman–Crippen MR) is 132 cm³/mol. The first-order valence-electron chi connectivity index (χ1n) is 11.4. The number of aliphatic carboxylic acids is 2. The van der Waals surface area contributed by atoms with Crippen molar-refractivity contribution < 1.29 is 46.5 Å². The summed E-state index contributed by atoms with van der Waals surface area (Å²) in [5.74, 6) is -7.50. The zero-order valence-corrected chi connectivity index (χ0v) is 22.1. The molecular formula is C25H23Cl2F5N2O5. The van der Waals surface area contributed by atoms with Gasteiger partial charge in [0.05, 0.1) is 5.02 Å². The normalized spacial score (nSPS) is 24.2. The molecule has 2 aliphatic heterocycles. The van der Waals surface area contributed by atoms with E-state index in [2.05, 4.69) is 10.6 Å². The maximum Gasteiger partial charge on any atom is 0.490 e. The highest BCUT2D eigenvalue weighted by atomic mass is 35.5. The fraction of sp³-hybridized carbons (Fsp3) is 0.400. The molecule has 0 bridgehead atoms. The Bertz CT molecular complexity index is 1330. The van der Waals surface area contributed by atoms with Gasteiger partial charge in [-0.1, -0.05) is 56.1 Å². The first kappa shape index (κ1) is 30.6. The van der Waals surface area contributed by atoms with E-state index in [-0.39, 0.29) is 32.3 Å². The number of benzene rings is 2. The van der Waals surface area contributed by atoms with Gasteiger partial charge in [0.1, 0.15) is 23.1 Å². The largest absolute Gasteiger partial charge is 0.490 e. The van der Waals surface area contributed by atoms with Gasteiger partial charge in [-0.25, -0.2) is 13.6 Å². The van der Waals surface area contributed by atoms with E-state index in [1.807, 2.05) is 20.8 Å². The molecule has 0 aliphatic carbocycles. The van der Waals surface area contributed by atoms with Crippen molar-refractivity contribution in [3.63, 3.8) is 0 Å². The molecule has 4 unspecified atom stereocenters. The van der Waals surface area contributed by atoms with Gasteiger partial charge in [-0.3, -0.25) is 14.9 Å². The van der Waals surface area contributed by atoms with E-state index >= 15 is 8.78 Å². The van der Waals surface area contributed by atoms with Crippen LogP contribution in [0.15, 0.2) is 30.3 Å². The highest BCUT2D eigenvalue weighted by Gasteiger charge is 2.67. The average molecular weight is 597 g/mol. The molecule has 2 heterocycles. The number of hydrogen-bond acceptors (Lipinski definition) is 4. The van der Waals surface area contributed by atoms with E-state index in [1.165, 1.54) is 24.3 Å². The van der Waals surface area contributed by atoms with Crippen LogP contribution in [0.3, 0.4) is 0 Å². The van der Waals surface area contributed by atoms with E-state index in [0.29, 0.717) is 6.42 Å². The summed E-state index contributed by atoms with van der Waals surface area (Å²) in [4.78, 5) is 34.9. The third-order valence-corrected chi connectivity index (χ3v) is 7.00. The van der Waals surface area contributed by atoms with E-state index in [9.17, 15) is 27.9 Å².